The molecular formula is C8H12N2O. The average Bonchev–Trinajstić information content (AvgIpc) is 2.28. The summed E-state index contributed by atoms with van der Waals surface area (Å²) in [6.07, 6.45) is 9.29. The number of ether oxygens (including phenoxy) is 1. The molecule has 0 amide bonds. The normalized spacial score (nSPS) is 15.5. The number of methoxy groups -OCH3 is 1. The third kappa shape index (κ3) is 3.00. The predicted octanol–water partition coefficient (Wildman–Crippen LogP) is 1.00. The molecule has 0 fully saturated rings. The van der Waals surface area contributed by atoms with E-state index in [0.717, 1.165) is 13.2 Å². The SMILES string of the molecule is COCCN1C=CC=NC=C1. The highest BCUT2D eigenvalue weighted by molar-refractivity contribution is 5.71. The van der Waals surface area contributed by atoms with Crippen molar-refractivity contribution in [1.29, 1.82) is 0 Å². The molecule has 1 rings (SSSR count). The molecule has 0 bridgehead atoms. The predicted molar refractivity (Wildman–Crippen MR) is 45.4 cm³/mol. The first-order chi connectivity index (χ1) is 5.43. The number of aliphatic imine (C=N–C) groups is 1. The lowest BCUT2D eigenvalue weighted by Crippen LogP contribution is -2.15. The molecule has 1 aliphatic heterocycles. The Balaban J connectivity index is 2.34. The van der Waals surface area contributed by atoms with Crippen molar-refractivity contribution in [1.82, 2.24) is 4.90 Å². The van der Waals surface area contributed by atoms with Crippen LogP contribution in [0.25, 0.3) is 0 Å². The second kappa shape index (κ2) is 4.68. The van der Waals surface area contributed by atoms with E-state index in [1.165, 1.54) is 0 Å². The molecule has 0 aromatic heterocycles. The van der Waals surface area contributed by atoms with Gasteiger partial charge < -0.3 is 9.64 Å². The van der Waals surface area contributed by atoms with Gasteiger partial charge in [0.05, 0.1) is 6.61 Å². The fraction of sp³-hybridized carbons (Fsp3) is 0.375. The van der Waals surface area contributed by atoms with Crippen molar-refractivity contribution in [3.8, 4) is 0 Å². The van der Waals surface area contributed by atoms with Gasteiger partial charge in [0.2, 0.25) is 0 Å². The quantitative estimate of drug-likeness (QED) is 0.602. The first kappa shape index (κ1) is 8.01. The van der Waals surface area contributed by atoms with Crippen molar-refractivity contribution in [2.24, 2.45) is 4.99 Å². The van der Waals surface area contributed by atoms with Crippen molar-refractivity contribution in [2.45, 2.75) is 0 Å². The zero-order valence-corrected chi connectivity index (χ0v) is 6.60. The highest BCUT2D eigenvalue weighted by Crippen LogP contribution is 1.94. The Bertz CT molecular complexity index is 169. The van der Waals surface area contributed by atoms with E-state index in [-0.39, 0.29) is 0 Å². The summed E-state index contributed by atoms with van der Waals surface area (Å²) in [6, 6.07) is 0. The van der Waals surface area contributed by atoms with Gasteiger partial charge in [-0.15, -0.1) is 0 Å². The maximum absolute atomic E-state index is 4.94. The molecular weight excluding hydrogens is 140 g/mol. The number of hydrogen-bond acceptors (Lipinski definition) is 3. The van der Waals surface area contributed by atoms with Gasteiger partial charge in [0, 0.05) is 38.5 Å². The van der Waals surface area contributed by atoms with Crippen LogP contribution in [0.2, 0.25) is 0 Å². The van der Waals surface area contributed by atoms with Gasteiger partial charge in [-0.3, -0.25) is 4.99 Å². The summed E-state index contributed by atoms with van der Waals surface area (Å²) in [5.74, 6) is 0. The Morgan fingerprint density at radius 2 is 2.36 bits per heavy atom. The van der Waals surface area contributed by atoms with Crippen molar-refractivity contribution < 1.29 is 4.74 Å². The lowest BCUT2D eigenvalue weighted by molar-refractivity contribution is 0.182. The molecule has 0 aromatic rings. The van der Waals surface area contributed by atoms with E-state index in [1.807, 2.05) is 23.4 Å². The minimum absolute atomic E-state index is 0.731. The molecule has 0 atom stereocenters. The molecule has 1 heterocycles. The van der Waals surface area contributed by atoms with Gasteiger partial charge in [-0.2, -0.15) is 0 Å². The van der Waals surface area contributed by atoms with Gasteiger partial charge in [0.1, 0.15) is 0 Å². The van der Waals surface area contributed by atoms with Crippen LogP contribution < -0.4 is 0 Å². The molecule has 0 aliphatic carbocycles. The Labute approximate surface area is 66.7 Å². The van der Waals surface area contributed by atoms with Gasteiger partial charge in [0.25, 0.3) is 0 Å². The first-order valence-electron chi connectivity index (χ1n) is 3.55. The summed E-state index contributed by atoms with van der Waals surface area (Å²) in [7, 11) is 1.70. The van der Waals surface area contributed by atoms with Crippen LogP contribution in [-0.4, -0.2) is 31.4 Å². The molecule has 60 valence electrons. The van der Waals surface area contributed by atoms with Crippen LogP contribution in [0.3, 0.4) is 0 Å². The van der Waals surface area contributed by atoms with E-state index in [1.54, 1.807) is 19.5 Å². The Morgan fingerprint density at radius 1 is 1.45 bits per heavy atom. The Hall–Kier alpha value is -1.09. The largest absolute Gasteiger partial charge is 0.383 e. The summed E-state index contributed by atoms with van der Waals surface area (Å²) in [5.41, 5.74) is 0. The van der Waals surface area contributed by atoms with Crippen LogP contribution in [-0.2, 0) is 4.74 Å². The maximum Gasteiger partial charge on any atom is 0.0641 e. The Kier molecular flexibility index (Phi) is 3.41. The monoisotopic (exact) mass is 152 g/mol. The molecule has 0 aromatic carbocycles. The third-order valence-corrected chi connectivity index (χ3v) is 1.35. The van der Waals surface area contributed by atoms with E-state index < -0.39 is 0 Å². The van der Waals surface area contributed by atoms with Crippen LogP contribution in [0, 0.1) is 0 Å². The van der Waals surface area contributed by atoms with Crippen molar-refractivity contribution >= 4 is 6.21 Å². The van der Waals surface area contributed by atoms with Crippen LogP contribution in [0.4, 0.5) is 0 Å². The smallest absolute Gasteiger partial charge is 0.0641 e. The number of allylic oxidation sites excluding steroid dienone is 1. The fourth-order valence-electron chi connectivity index (χ4n) is 0.768. The van der Waals surface area contributed by atoms with Gasteiger partial charge in [-0.05, 0) is 6.08 Å². The summed E-state index contributed by atoms with van der Waals surface area (Å²) in [5, 5.41) is 0. The molecule has 11 heavy (non-hydrogen) atoms. The standard InChI is InChI=1S/C8H12N2O/c1-11-8-7-10-5-2-3-9-4-6-10/h2-6H,7-8H2,1H3. The zero-order chi connectivity index (χ0) is 7.94. The zero-order valence-electron chi connectivity index (χ0n) is 6.60. The average molecular weight is 152 g/mol. The lowest BCUT2D eigenvalue weighted by Gasteiger charge is -2.12. The number of hydrogen-bond donors (Lipinski definition) is 0. The topological polar surface area (TPSA) is 24.8 Å². The molecule has 3 nitrogen and oxygen atoms in total. The van der Waals surface area contributed by atoms with Crippen LogP contribution in [0.15, 0.2) is 29.7 Å². The van der Waals surface area contributed by atoms with Gasteiger partial charge >= 0.3 is 0 Å². The summed E-state index contributed by atoms with van der Waals surface area (Å²) < 4.78 is 4.94. The number of rotatable bonds is 3. The molecule has 0 unspecified atom stereocenters. The summed E-state index contributed by atoms with van der Waals surface area (Å²) in [6.45, 7) is 1.60. The minimum atomic E-state index is 0.731. The van der Waals surface area contributed by atoms with E-state index >= 15 is 0 Å². The molecule has 0 saturated carbocycles. The van der Waals surface area contributed by atoms with E-state index in [2.05, 4.69) is 4.99 Å². The van der Waals surface area contributed by atoms with E-state index in [0.29, 0.717) is 0 Å². The Morgan fingerprint density at radius 3 is 3.18 bits per heavy atom. The van der Waals surface area contributed by atoms with Crippen LogP contribution in [0.5, 0.6) is 0 Å². The lowest BCUT2D eigenvalue weighted by atomic mass is 10.5. The second-order valence-electron chi connectivity index (χ2n) is 2.17. The van der Waals surface area contributed by atoms with Crippen molar-refractivity contribution in [2.75, 3.05) is 20.3 Å². The van der Waals surface area contributed by atoms with E-state index in [4.69, 9.17) is 4.74 Å². The second-order valence-corrected chi connectivity index (χ2v) is 2.17. The molecule has 0 N–H and O–H groups in total. The summed E-state index contributed by atoms with van der Waals surface area (Å²) >= 11 is 0. The van der Waals surface area contributed by atoms with Crippen molar-refractivity contribution in [3.05, 3.63) is 24.7 Å². The molecule has 1 aliphatic rings. The van der Waals surface area contributed by atoms with Crippen LogP contribution >= 0.6 is 0 Å². The molecule has 0 radical (unpaired) electrons. The maximum atomic E-state index is 4.94. The molecule has 0 spiro atoms. The summed E-state index contributed by atoms with van der Waals surface area (Å²) in [4.78, 5) is 5.98. The highest BCUT2D eigenvalue weighted by atomic mass is 16.5. The van der Waals surface area contributed by atoms with Gasteiger partial charge in [-0.1, -0.05) is 0 Å². The van der Waals surface area contributed by atoms with Gasteiger partial charge in [-0.25, -0.2) is 0 Å². The molecule has 3 heteroatoms. The fourth-order valence-corrected chi connectivity index (χ4v) is 0.768. The van der Waals surface area contributed by atoms with Crippen LogP contribution in [0.1, 0.15) is 0 Å². The minimum Gasteiger partial charge on any atom is -0.383 e. The highest BCUT2D eigenvalue weighted by Gasteiger charge is 1.92. The first-order valence-corrected chi connectivity index (χ1v) is 3.55. The van der Waals surface area contributed by atoms with E-state index in [9.17, 15) is 0 Å². The number of nitrogens with zero attached hydrogens (tertiary/aromatic N) is 2. The van der Waals surface area contributed by atoms with Gasteiger partial charge in [0.15, 0.2) is 0 Å². The molecule has 0 saturated heterocycles. The third-order valence-electron chi connectivity index (χ3n) is 1.35. The van der Waals surface area contributed by atoms with Crippen molar-refractivity contribution in [3.63, 3.8) is 0 Å².